The van der Waals surface area contributed by atoms with Gasteiger partial charge in [-0.1, -0.05) is 6.07 Å². The maximum atomic E-state index is 13.3. The number of nitrogens with one attached hydrogen (secondary N) is 1. The number of morpholine rings is 1. The van der Waals surface area contributed by atoms with E-state index in [-0.39, 0.29) is 16.7 Å². The van der Waals surface area contributed by atoms with Crippen LogP contribution in [0.4, 0.5) is 11.4 Å². The summed E-state index contributed by atoms with van der Waals surface area (Å²) in [5.74, 6) is 0.0914. The van der Waals surface area contributed by atoms with E-state index in [1.54, 1.807) is 35.6 Å². The fourth-order valence-electron chi connectivity index (χ4n) is 6.05. The van der Waals surface area contributed by atoms with Gasteiger partial charge < -0.3 is 14.6 Å². The van der Waals surface area contributed by atoms with E-state index in [1.807, 2.05) is 19.9 Å². The van der Waals surface area contributed by atoms with Gasteiger partial charge in [-0.2, -0.15) is 8.61 Å². The summed E-state index contributed by atoms with van der Waals surface area (Å²) in [4.78, 5) is 9.94. The highest BCUT2D eigenvalue weighted by Gasteiger charge is 2.32. The molecule has 1 atom stereocenters. The Bertz CT molecular complexity index is 1820. The molecular weight excluding hydrogens is 656 g/mol. The van der Waals surface area contributed by atoms with Gasteiger partial charge in [0, 0.05) is 67.5 Å². The molecule has 0 amide bonds. The van der Waals surface area contributed by atoms with E-state index in [2.05, 4.69) is 36.9 Å². The lowest BCUT2D eigenvalue weighted by Gasteiger charge is -2.26. The third kappa shape index (κ3) is 5.69. The van der Waals surface area contributed by atoms with Crippen molar-refractivity contribution >= 4 is 53.1 Å². The summed E-state index contributed by atoms with van der Waals surface area (Å²) in [6.07, 6.45) is 3.02. The molecule has 0 spiro atoms. The number of aromatic nitrogens is 2. The summed E-state index contributed by atoms with van der Waals surface area (Å²) >= 11 is 3.62. The van der Waals surface area contributed by atoms with Gasteiger partial charge in [-0.25, -0.2) is 21.8 Å². The molecule has 3 aliphatic heterocycles. The zero-order chi connectivity index (χ0) is 30.5. The van der Waals surface area contributed by atoms with Crippen LogP contribution < -0.4 is 5.32 Å². The number of fused-ring (bicyclic) bond motifs is 1. The summed E-state index contributed by atoms with van der Waals surface area (Å²) in [6, 6.07) is 9.10. The normalized spacial score (nSPS) is 19.9. The number of rotatable bonds is 8. The molecule has 0 bridgehead atoms. The molecular formula is C29H35BrN6O5S2. The first-order valence-electron chi connectivity index (χ1n) is 14.4. The molecule has 0 aliphatic carbocycles. The molecule has 6 rings (SSSR count). The third-order valence-electron chi connectivity index (χ3n) is 8.35. The molecule has 0 radical (unpaired) electrons. The SMILES string of the molecule is CCS(=O)(=O)N1CCC(Nc2c(Br)cnc3c2N=C(c2cc(C)n(-c4cccc(S(=O)(=O)N5CCOCC5)c4)c2C)C3)C1. The molecule has 2 fully saturated rings. The molecule has 230 valence electrons. The molecule has 2 aromatic heterocycles. The average molecular weight is 692 g/mol. The molecule has 2 saturated heterocycles. The van der Waals surface area contributed by atoms with Gasteiger partial charge in [0.05, 0.1) is 45.4 Å². The number of aryl methyl sites for hydroxylation is 1. The van der Waals surface area contributed by atoms with Crippen molar-refractivity contribution in [1.29, 1.82) is 0 Å². The van der Waals surface area contributed by atoms with Gasteiger partial charge >= 0.3 is 0 Å². The number of hydrogen-bond donors (Lipinski definition) is 1. The summed E-state index contributed by atoms with van der Waals surface area (Å²) in [5.41, 5.74) is 6.95. The van der Waals surface area contributed by atoms with E-state index in [0.717, 1.165) is 49.9 Å². The predicted molar refractivity (Wildman–Crippen MR) is 170 cm³/mol. The maximum Gasteiger partial charge on any atom is 0.243 e. The zero-order valence-corrected chi connectivity index (χ0v) is 27.6. The summed E-state index contributed by atoms with van der Waals surface area (Å²) in [5, 5.41) is 3.54. The Kier molecular flexibility index (Phi) is 8.28. The lowest BCUT2D eigenvalue weighted by molar-refractivity contribution is 0.0730. The van der Waals surface area contributed by atoms with Crippen LogP contribution >= 0.6 is 15.9 Å². The lowest BCUT2D eigenvalue weighted by Crippen LogP contribution is -2.40. The van der Waals surface area contributed by atoms with Gasteiger partial charge in [-0.15, -0.1) is 0 Å². The minimum absolute atomic E-state index is 0.0329. The highest BCUT2D eigenvalue weighted by Crippen LogP contribution is 2.41. The Hall–Kier alpha value is -2.62. The topological polar surface area (TPSA) is 126 Å². The lowest BCUT2D eigenvalue weighted by atomic mass is 10.1. The Morgan fingerprint density at radius 2 is 1.84 bits per heavy atom. The Balaban J connectivity index is 1.29. The van der Waals surface area contributed by atoms with E-state index in [0.29, 0.717) is 52.2 Å². The van der Waals surface area contributed by atoms with Crippen molar-refractivity contribution in [2.45, 2.75) is 44.6 Å². The van der Waals surface area contributed by atoms with Gasteiger partial charge in [0.25, 0.3) is 0 Å². The van der Waals surface area contributed by atoms with Crippen molar-refractivity contribution in [2.24, 2.45) is 4.99 Å². The second-order valence-corrected chi connectivity index (χ2v) is 16.1. The van der Waals surface area contributed by atoms with Crippen LogP contribution in [0.3, 0.4) is 0 Å². The quantitative estimate of drug-likeness (QED) is 0.381. The van der Waals surface area contributed by atoms with Crippen LogP contribution in [0.15, 0.2) is 50.9 Å². The van der Waals surface area contributed by atoms with Crippen LogP contribution in [-0.4, -0.2) is 91.9 Å². The monoisotopic (exact) mass is 690 g/mol. The van der Waals surface area contributed by atoms with E-state index in [4.69, 9.17) is 9.73 Å². The number of nitrogens with zero attached hydrogens (tertiary/aromatic N) is 5. The molecule has 1 aromatic carbocycles. The summed E-state index contributed by atoms with van der Waals surface area (Å²) in [6.45, 7) is 8.07. The second kappa shape index (κ2) is 11.7. The van der Waals surface area contributed by atoms with Crippen molar-refractivity contribution in [3.8, 4) is 5.69 Å². The number of ether oxygens (including phenoxy) is 1. The average Bonchev–Trinajstić information content (AvgIpc) is 3.72. The van der Waals surface area contributed by atoms with Crippen LogP contribution in [0, 0.1) is 13.8 Å². The van der Waals surface area contributed by atoms with Gasteiger partial charge in [0.15, 0.2) is 0 Å². The molecule has 14 heteroatoms. The Morgan fingerprint density at radius 1 is 1.07 bits per heavy atom. The first-order valence-corrected chi connectivity index (χ1v) is 18.2. The van der Waals surface area contributed by atoms with Crippen LogP contribution in [0.2, 0.25) is 0 Å². The van der Waals surface area contributed by atoms with Crippen LogP contribution in [0.5, 0.6) is 0 Å². The number of halogens is 1. The van der Waals surface area contributed by atoms with Crippen molar-refractivity contribution in [1.82, 2.24) is 18.2 Å². The predicted octanol–water partition coefficient (Wildman–Crippen LogP) is 3.79. The van der Waals surface area contributed by atoms with Crippen molar-refractivity contribution in [3.63, 3.8) is 0 Å². The molecule has 5 heterocycles. The fourth-order valence-corrected chi connectivity index (χ4v) is 9.06. The molecule has 1 N–H and O–H groups in total. The molecule has 3 aromatic rings. The van der Waals surface area contributed by atoms with Gasteiger partial charge in [0.1, 0.15) is 5.69 Å². The molecule has 1 unspecified atom stereocenters. The largest absolute Gasteiger partial charge is 0.379 e. The first-order chi connectivity index (χ1) is 20.5. The Labute approximate surface area is 261 Å². The van der Waals surface area contributed by atoms with Gasteiger partial charge in [0.2, 0.25) is 20.0 Å². The first kappa shape index (κ1) is 30.4. The standard InChI is InChI=1S/C29H35BrN6O5S2/c1-4-42(37,38)35-9-8-21(18-35)32-28-25(30)17-31-27-16-26(33-29(27)28)24-14-19(2)36(20(24)3)22-6-5-7-23(15-22)43(39,40)34-10-12-41-13-11-34/h5-7,14-15,17,21H,4,8-13,16,18H2,1-3H3,(H,31,32). The molecule has 11 nitrogen and oxygen atoms in total. The number of benzene rings is 1. The van der Waals surface area contributed by atoms with Gasteiger partial charge in [-0.3, -0.25) is 4.98 Å². The minimum atomic E-state index is -3.64. The van der Waals surface area contributed by atoms with Crippen LogP contribution in [-0.2, 0) is 31.2 Å². The van der Waals surface area contributed by atoms with E-state index < -0.39 is 20.0 Å². The fraction of sp³-hybridized carbons (Fsp3) is 0.448. The van der Waals surface area contributed by atoms with Crippen molar-refractivity contribution in [2.75, 3.05) is 50.5 Å². The van der Waals surface area contributed by atoms with Crippen molar-refractivity contribution in [3.05, 3.63) is 63.6 Å². The van der Waals surface area contributed by atoms with Crippen LogP contribution in [0.25, 0.3) is 5.69 Å². The van der Waals surface area contributed by atoms with Crippen molar-refractivity contribution < 1.29 is 21.6 Å². The highest BCUT2D eigenvalue weighted by atomic mass is 79.9. The summed E-state index contributed by atoms with van der Waals surface area (Å²) in [7, 11) is -6.87. The number of sulfonamides is 2. The van der Waals surface area contributed by atoms with E-state index in [1.165, 1.54) is 4.31 Å². The molecule has 43 heavy (non-hydrogen) atoms. The van der Waals surface area contributed by atoms with E-state index in [9.17, 15) is 16.8 Å². The zero-order valence-electron chi connectivity index (χ0n) is 24.4. The number of aliphatic imine (C=N–C) groups is 1. The second-order valence-electron chi connectivity index (χ2n) is 11.0. The number of hydrogen-bond acceptors (Lipinski definition) is 8. The maximum absolute atomic E-state index is 13.3. The van der Waals surface area contributed by atoms with Crippen LogP contribution in [0.1, 0.15) is 36.0 Å². The minimum Gasteiger partial charge on any atom is -0.379 e. The summed E-state index contributed by atoms with van der Waals surface area (Å²) < 4.78 is 62.6. The number of pyridine rings is 1. The highest BCUT2D eigenvalue weighted by molar-refractivity contribution is 9.10. The molecule has 3 aliphatic rings. The van der Waals surface area contributed by atoms with E-state index >= 15 is 0 Å². The smallest absolute Gasteiger partial charge is 0.243 e. The third-order valence-corrected chi connectivity index (χ3v) is 12.7. The Morgan fingerprint density at radius 3 is 2.58 bits per heavy atom. The molecule has 0 saturated carbocycles. The van der Waals surface area contributed by atoms with Gasteiger partial charge in [-0.05, 0) is 67.4 Å². The number of anilines is 1.